The SMILES string of the molecule is COc1ccc(S(=O)(=O)N2CCN(Cc3ccc(OC)c(OC)c3OC)CC2)cc1. The van der Waals surface area contributed by atoms with Crippen molar-refractivity contribution in [2.24, 2.45) is 0 Å². The summed E-state index contributed by atoms with van der Waals surface area (Å²) >= 11 is 0. The molecule has 1 heterocycles. The van der Waals surface area contributed by atoms with E-state index in [-0.39, 0.29) is 4.90 Å². The van der Waals surface area contributed by atoms with Gasteiger partial charge in [-0.1, -0.05) is 6.07 Å². The third-order valence-corrected chi connectivity index (χ3v) is 7.12. The van der Waals surface area contributed by atoms with Crippen molar-refractivity contribution in [3.05, 3.63) is 42.0 Å². The van der Waals surface area contributed by atoms with E-state index in [9.17, 15) is 8.42 Å². The van der Waals surface area contributed by atoms with Crippen molar-refractivity contribution in [1.29, 1.82) is 0 Å². The van der Waals surface area contributed by atoms with Gasteiger partial charge in [0.25, 0.3) is 0 Å². The van der Waals surface area contributed by atoms with Crippen molar-refractivity contribution >= 4 is 10.0 Å². The highest BCUT2D eigenvalue weighted by Crippen LogP contribution is 2.40. The molecule has 1 fully saturated rings. The van der Waals surface area contributed by atoms with Gasteiger partial charge in [0.15, 0.2) is 11.5 Å². The number of methoxy groups -OCH3 is 4. The molecular weight excluding hydrogens is 408 g/mol. The van der Waals surface area contributed by atoms with Gasteiger partial charge in [0.1, 0.15) is 5.75 Å². The monoisotopic (exact) mass is 436 g/mol. The molecule has 0 N–H and O–H groups in total. The number of rotatable bonds is 8. The smallest absolute Gasteiger partial charge is 0.243 e. The van der Waals surface area contributed by atoms with Crippen LogP contribution in [0.3, 0.4) is 0 Å². The minimum absolute atomic E-state index is 0.276. The quantitative estimate of drug-likeness (QED) is 0.628. The summed E-state index contributed by atoms with van der Waals surface area (Å²) in [6.07, 6.45) is 0. The second kappa shape index (κ2) is 9.55. The van der Waals surface area contributed by atoms with Crippen LogP contribution in [0.2, 0.25) is 0 Å². The molecular formula is C21H28N2O6S. The third kappa shape index (κ3) is 4.48. The topological polar surface area (TPSA) is 77.5 Å². The van der Waals surface area contributed by atoms with E-state index in [4.69, 9.17) is 18.9 Å². The number of hydrogen-bond acceptors (Lipinski definition) is 7. The van der Waals surface area contributed by atoms with Gasteiger partial charge in [-0.25, -0.2) is 8.42 Å². The van der Waals surface area contributed by atoms with Crippen LogP contribution >= 0.6 is 0 Å². The molecule has 1 aliphatic heterocycles. The van der Waals surface area contributed by atoms with Crippen LogP contribution in [0.25, 0.3) is 0 Å². The second-order valence-electron chi connectivity index (χ2n) is 6.85. The van der Waals surface area contributed by atoms with Crippen molar-refractivity contribution in [2.45, 2.75) is 11.4 Å². The molecule has 2 aromatic carbocycles. The lowest BCUT2D eigenvalue weighted by atomic mass is 10.1. The maximum absolute atomic E-state index is 12.9. The Balaban J connectivity index is 1.68. The summed E-state index contributed by atoms with van der Waals surface area (Å²) in [6.45, 7) is 2.70. The Bertz CT molecular complexity index is 954. The Hall–Kier alpha value is -2.49. The van der Waals surface area contributed by atoms with Crippen LogP contribution in [0.5, 0.6) is 23.0 Å². The Morgan fingerprint density at radius 1 is 0.767 bits per heavy atom. The number of piperazine rings is 1. The van der Waals surface area contributed by atoms with Gasteiger partial charge in [0.05, 0.1) is 33.3 Å². The molecule has 0 unspecified atom stereocenters. The van der Waals surface area contributed by atoms with Crippen LogP contribution < -0.4 is 18.9 Å². The van der Waals surface area contributed by atoms with Crippen molar-refractivity contribution in [1.82, 2.24) is 9.21 Å². The summed E-state index contributed by atoms with van der Waals surface area (Å²) in [5, 5.41) is 0. The summed E-state index contributed by atoms with van der Waals surface area (Å²) in [7, 11) is 2.78. The van der Waals surface area contributed by atoms with Gasteiger partial charge in [-0.2, -0.15) is 4.31 Å². The van der Waals surface area contributed by atoms with E-state index < -0.39 is 10.0 Å². The lowest BCUT2D eigenvalue weighted by Crippen LogP contribution is -2.48. The third-order valence-electron chi connectivity index (χ3n) is 5.21. The van der Waals surface area contributed by atoms with Crippen molar-refractivity contribution in [2.75, 3.05) is 54.6 Å². The molecule has 0 saturated carbocycles. The molecule has 0 atom stereocenters. The van der Waals surface area contributed by atoms with Crippen molar-refractivity contribution in [3.63, 3.8) is 0 Å². The Labute approximate surface area is 178 Å². The maximum atomic E-state index is 12.9. The van der Waals surface area contributed by atoms with E-state index >= 15 is 0 Å². The van der Waals surface area contributed by atoms with Crippen LogP contribution in [-0.2, 0) is 16.6 Å². The van der Waals surface area contributed by atoms with Gasteiger partial charge >= 0.3 is 0 Å². The van der Waals surface area contributed by atoms with E-state index in [1.165, 1.54) is 4.31 Å². The molecule has 1 saturated heterocycles. The summed E-state index contributed by atoms with van der Waals surface area (Å²) in [6, 6.07) is 10.3. The first-order valence-corrected chi connectivity index (χ1v) is 11.0. The number of nitrogens with zero attached hydrogens (tertiary/aromatic N) is 2. The van der Waals surface area contributed by atoms with Crippen LogP contribution in [0, 0.1) is 0 Å². The molecule has 0 aromatic heterocycles. The lowest BCUT2D eigenvalue weighted by Gasteiger charge is -2.34. The minimum atomic E-state index is -3.53. The molecule has 1 aliphatic rings. The fraction of sp³-hybridized carbons (Fsp3) is 0.429. The Kier molecular flexibility index (Phi) is 7.06. The van der Waals surface area contributed by atoms with Crippen LogP contribution in [-0.4, -0.2) is 72.2 Å². The summed E-state index contributed by atoms with van der Waals surface area (Å²) in [4.78, 5) is 2.47. The van der Waals surface area contributed by atoms with Gasteiger partial charge in [-0.3, -0.25) is 4.90 Å². The second-order valence-corrected chi connectivity index (χ2v) is 8.79. The largest absolute Gasteiger partial charge is 0.497 e. The van der Waals surface area contributed by atoms with Gasteiger partial charge in [-0.05, 0) is 30.3 Å². The van der Waals surface area contributed by atoms with E-state index in [0.29, 0.717) is 55.7 Å². The number of ether oxygens (including phenoxy) is 4. The summed E-state index contributed by atoms with van der Waals surface area (Å²) in [5.41, 5.74) is 0.960. The fourth-order valence-electron chi connectivity index (χ4n) is 3.55. The predicted molar refractivity (Wildman–Crippen MR) is 113 cm³/mol. The minimum Gasteiger partial charge on any atom is -0.497 e. The van der Waals surface area contributed by atoms with Gasteiger partial charge in [0.2, 0.25) is 15.8 Å². The molecule has 0 aliphatic carbocycles. The summed E-state index contributed by atoms with van der Waals surface area (Å²) in [5.74, 6) is 2.42. The normalized spacial score (nSPS) is 15.6. The number of sulfonamides is 1. The average molecular weight is 437 g/mol. The molecule has 0 radical (unpaired) electrons. The molecule has 8 nitrogen and oxygen atoms in total. The first-order valence-electron chi connectivity index (χ1n) is 9.59. The standard InChI is InChI=1S/C21H28N2O6S/c1-26-17-6-8-18(9-7-17)30(24,25)23-13-11-22(12-14-23)15-16-5-10-19(27-2)21(29-4)20(16)28-3/h5-10H,11-15H2,1-4H3. The maximum Gasteiger partial charge on any atom is 0.243 e. The van der Waals surface area contributed by atoms with E-state index in [1.807, 2.05) is 12.1 Å². The van der Waals surface area contributed by atoms with Crippen molar-refractivity contribution in [3.8, 4) is 23.0 Å². The molecule has 0 spiro atoms. The highest BCUT2D eigenvalue weighted by Gasteiger charge is 2.29. The molecule has 3 rings (SSSR count). The Morgan fingerprint density at radius 2 is 1.40 bits per heavy atom. The number of hydrogen-bond donors (Lipinski definition) is 0. The van der Waals surface area contributed by atoms with Gasteiger partial charge in [0, 0.05) is 38.3 Å². The van der Waals surface area contributed by atoms with Gasteiger partial charge in [-0.15, -0.1) is 0 Å². The zero-order chi connectivity index (χ0) is 21.7. The van der Waals surface area contributed by atoms with Gasteiger partial charge < -0.3 is 18.9 Å². The predicted octanol–water partition coefficient (Wildman–Crippen LogP) is 2.23. The molecule has 0 amide bonds. The molecule has 30 heavy (non-hydrogen) atoms. The van der Waals surface area contributed by atoms with Crippen LogP contribution in [0.4, 0.5) is 0 Å². The number of benzene rings is 2. The Morgan fingerprint density at radius 3 is 1.93 bits per heavy atom. The lowest BCUT2D eigenvalue weighted by molar-refractivity contribution is 0.179. The van der Waals surface area contributed by atoms with E-state index in [0.717, 1.165) is 5.56 Å². The molecule has 2 aromatic rings. The first kappa shape index (κ1) is 22.2. The summed E-state index contributed by atoms with van der Waals surface area (Å²) < 4.78 is 48.8. The highest BCUT2D eigenvalue weighted by atomic mass is 32.2. The van der Waals surface area contributed by atoms with E-state index in [2.05, 4.69) is 4.90 Å². The zero-order valence-corrected chi connectivity index (χ0v) is 18.6. The molecule has 9 heteroatoms. The fourth-order valence-corrected chi connectivity index (χ4v) is 4.98. The van der Waals surface area contributed by atoms with Crippen LogP contribution in [0.15, 0.2) is 41.3 Å². The van der Waals surface area contributed by atoms with Crippen LogP contribution in [0.1, 0.15) is 5.56 Å². The zero-order valence-electron chi connectivity index (χ0n) is 17.8. The van der Waals surface area contributed by atoms with E-state index in [1.54, 1.807) is 52.7 Å². The van der Waals surface area contributed by atoms with Crippen molar-refractivity contribution < 1.29 is 27.4 Å². The average Bonchev–Trinajstić information content (AvgIpc) is 2.79. The highest BCUT2D eigenvalue weighted by molar-refractivity contribution is 7.89. The first-order chi connectivity index (χ1) is 14.4. The molecule has 0 bridgehead atoms. The molecule has 164 valence electrons.